The summed E-state index contributed by atoms with van der Waals surface area (Å²) in [7, 11) is -2.90. The zero-order chi connectivity index (χ0) is 19.0. The van der Waals surface area contributed by atoms with E-state index in [-0.39, 0.29) is 29.4 Å². The molecule has 0 radical (unpaired) electrons. The van der Waals surface area contributed by atoms with Gasteiger partial charge in [0.25, 0.3) is 5.91 Å². The van der Waals surface area contributed by atoms with Crippen LogP contribution in [0.3, 0.4) is 0 Å². The van der Waals surface area contributed by atoms with Gasteiger partial charge in [0.2, 0.25) is 5.91 Å². The Labute approximate surface area is 159 Å². The van der Waals surface area contributed by atoms with E-state index in [4.69, 9.17) is 0 Å². The molecule has 8 heteroatoms. The summed E-state index contributed by atoms with van der Waals surface area (Å²) < 4.78 is 23.4. The standard InChI is InChI=1S/C19H25N3O4S/c23-18-6-3-8-22(18)17-5-2-1-4-16(17)19(24)21-11-9-20(10-12-21)15-7-13-27(25,26)14-15/h1-2,4-5,15H,3,6-14H2/t15-/m1/s1. The number of rotatable bonds is 3. The number of anilines is 1. The van der Waals surface area contributed by atoms with E-state index in [1.54, 1.807) is 11.0 Å². The molecule has 0 spiro atoms. The molecule has 7 nitrogen and oxygen atoms in total. The molecule has 3 saturated heterocycles. The maximum atomic E-state index is 13.1. The molecule has 3 aliphatic rings. The first kappa shape index (κ1) is 18.4. The van der Waals surface area contributed by atoms with Gasteiger partial charge in [-0.3, -0.25) is 14.5 Å². The zero-order valence-electron chi connectivity index (χ0n) is 15.3. The summed E-state index contributed by atoms with van der Waals surface area (Å²) in [6, 6.07) is 7.41. The first-order valence-corrected chi connectivity index (χ1v) is 11.4. The van der Waals surface area contributed by atoms with Crippen molar-refractivity contribution in [3.05, 3.63) is 29.8 Å². The predicted octanol–water partition coefficient (Wildman–Crippen LogP) is 0.758. The SMILES string of the molecule is O=C(c1ccccc1N1CCCC1=O)N1CCN([C@@H]2CCS(=O)(=O)C2)CC1. The van der Waals surface area contributed by atoms with Crippen molar-refractivity contribution in [2.75, 3.05) is 49.1 Å². The average molecular weight is 391 g/mol. The molecule has 0 N–H and O–H groups in total. The maximum Gasteiger partial charge on any atom is 0.256 e. The van der Waals surface area contributed by atoms with E-state index in [0.29, 0.717) is 56.8 Å². The fourth-order valence-electron chi connectivity index (χ4n) is 4.32. The molecule has 1 aromatic carbocycles. The van der Waals surface area contributed by atoms with E-state index in [1.807, 2.05) is 23.1 Å². The Morgan fingerprint density at radius 1 is 1.04 bits per heavy atom. The number of piperazine rings is 1. The van der Waals surface area contributed by atoms with Gasteiger partial charge in [-0.1, -0.05) is 12.1 Å². The lowest BCUT2D eigenvalue weighted by Gasteiger charge is -2.38. The minimum absolute atomic E-state index is 0.0519. The Bertz CT molecular complexity index is 846. The van der Waals surface area contributed by atoms with Gasteiger partial charge in [0, 0.05) is 45.2 Å². The van der Waals surface area contributed by atoms with Crippen molar-refractivity contribution >= 4 is 27.3 Å². The topological polar surface area (TPSA) is 78.0 Å². The molecule has 0 unspecified atom stereocenters. The van der Waals surface area contributed by atoms with Gasteiger partial charge < -0.3 is 9.80 Å². The summed E-state index contributed by atoms with van der Waals surface area (Å²) in [6.45, 7) is 3.20. The van der Waals surface area contributed by atoms with Gasteiger partial charge in [-0.25, -0.2) is 8.42 Å². The smallest absolute Gasteiger partial charge is 0.256 e. The summed E-state index contributed by atoms with van der Waals surface area (Å²) in [4.78, 5) is 30.9. The van der Waals surface area contributed by atoms with Crippen molar-refractivity contribution in [2.24, 2.45) is 0 Å². The first-order valence-electron chi connectivity index (χ1n) is 9.58. The summed E-state index contributed by atoms with van der Waals surface area (Å²) in [5, 5.41) is 0. The molecule has 3 aliphatic heterocycles. The van der Waals surface area contributed by atoms with E-state index < -0.39 is 9.84 Å². The number of amides is 2. The molecule has 3 heterocycles. The van der Waals surface area contributed by atoms with Crippen LogP contribution < -0.4 is 4.90 Å². The maximum absolute atomic E-state index is 13.1. The van der Waals surface area contributed by atoms with Crippen LogP contribution in [0.5, 0.6) is 0 Å². The molecule has 4 rings (SSSR count). The highest BCUT2D eigenvalue weighted by Crippen LogP contribution is 2.27. The van der Waals surface area contributed by atoms with Crippen LogP contribution in [0.1, 0.15) is 29.6 Å². The zero-order valence-corrected chi connectivity index (χ0v) is 16.2. The van der Waals surface area contributed by atoms with Gasteiger partial charge in [-0.15, -0.1) is 0 Å². The Hall–Kier alpha value is -1.93. The largest absolute Gasteiger partial charge is 0.336 e. The second-order valence-corrected chi connectivity index (χ2v) is 9.78. The molecule has 27 heavy (non-hydrogen) atoms. The average Bonchev–Trinajstić information content (AvgIpc) is 3.26. The van der Waals surface area contributed by atoms with Crippen molar-refractivity contribution in [2.45, 2.75) is 25.3 Å². The monoisotopic (exact) mass is 391 g/mol. The Balaban J connectivity index is 1.44. The molecule has 1 aromatic rings. The van der Waals surface area contributed by atoms with Crippen LogP contribution in [0, 0.1) is 0 Å². The molecular formula is C19H25N3O4S. The molecule has 0 aliphatic carbocycles. The Morgan fingerprint density at radius 3 is 2.41 bits per heavy atom. The van der Waals surface area contributed by atoms with Gasteiger partial charge in [0.1, 0.15) is 0 Å². The fraction of sp³-hybridized carbons (Fsp3) is 0.579. The summed E-state index contributed by atoms with van der Waals surface area (Å²) in [5.41, 5.74) is 1.28. The molecule has 146 valence electrons. The van der Waals surface area contributed by atoms with E-state index >= 15 is 0 Å². The van der Waals surface area contributed by atoms with Crippen molar-refractivity contribution in [3.63, 3.8) is 0 Å². The second kappa shape index (κ2) is 7.24. The van der Waals surface area contributed by atoms with Crippen LogP contribution in [0.4, 0.5) is 5.69 Å². The van der Waals surface area contributed by atoms with Crippen LogP contribution in [0.15, 0.2) is 24.3 Å². The second-order valence-electron chi connectivity index (χ2n) is 7.55. The van der Waals surface area contributed by atoms with Gasteiger partial charge in [-0.2, -0.15) is 0 Å². The van der Waals surface area contributed by atoms with Crippen LogP contribution in [-0.4, -0.2) is 80.3 Å². The lowest BCUT2D eigenvalue weighted by molar-refractivity contribution is -0.117. The van der Waals surface area contributed by atoms with E-state index in [1.165, 1.54) is 0 Å². The van der Waals surface area contributed by atoms with E-state index in [0.717, 1.165) is 6.42 Å². The number of carbonyl (C=O) groups is 2. The normalized spacial score (nSPS) is 25.9. The van der Waals surface area contributed by atoms with Crippen molar-refractivity contribution in [1.82, 2.24) is 9.80 Å². The number of carbonyl (C=O) groups excluding carboxylic acids is 2. The Kier molecular flexibility index (Phi) is 4.94. The minimum Gasteiger partial charge on any atom is -0.336 e. The van der Waals surface area contributed by atoms with Crippen molar-refractivity contribution < 1.29 is 18.0 Å². The molecule has 3 fully saturated rings. The summed E-state index contributed by atoms with van der Waals surface area (Å²) in [5.74, 6) is 0.529. The number of sulfone groups is 1. The highest BCUT2D eigenvalue weighted by Gasteiger charge is 2.35. The van der Waals surface area contributed by atoms with Crippen molar-refractivity contribution in [1.29, 1.82) is 0 Å². The van der Waals surface area contributed by atoms with E-state index in [9.17, 15) is 18.0 Å². The number of benzene rings is 1. The van der Waals surface area contributed by atoms with Gasteiger partial charge >= 0.3 is 0 Å². The molecule has 1 atom stereocenters. The highest BCUT2D eigenvalue weighted by molar-refractivity contribution is 7.91. The van der Waals surface area contributed by atoms with Crippen molar-refractivity contribution in [3.8, 4) is 0 Å². The first-order chi connectivity index (χ1) is 12.9. The number of hydrogen-bond donors (Lipinski definition) is 0. The molecule has 0 aromatic heterocycles. The van der Waals surface area contributed by atoms with Crippen LogP contribution >= 0.6 is 0 Å². The van der Waals surface area contributed by atoms with Gasteiger partial charge in [0.15, 0.2) is 9.84 Å². The highest BCUT2D eigenvalue weighted by atomic mass is 32.2. The molecule has 0 bridgehead atoms. The van der Waals surface area contributed by atoms with Gasteiger partial charge in [0.05, 0.1) is 22.8 Å². The third-order valence-electron chi connectivity index (χ3n) is 5.82. The summed E-state index contributed by atoms with van der Waals surface area (Å²) in [6.07, 6.45) is 2.05. The predicted molar refractivity (Wildman–Crippen MR) is 103 cm³/mol. The summed E-state index contributed by atoms with van der Waals surface area (Å²) >= 11 is 0. The van der Waals surface area contributed by atoms with E-state index in [2.05, 4.69) is 4.90 Å². The quantitative estimate of drug-likeness (QED) is 0.760. The third kappa shape index (κ3) is 3.73. The van der Waals surface area contributed by atoms with Gasteiger partial charge in [-0.05, 0) is 25.0 Å². The third-order valence-corrected chi connectivity index (χ3v) is 7.58. The lowest BCUT2D eigenvalue weighted by Crippen LogP contribution is -2.52. The molecule has 0 saturated carbocycles. The molecular weight excluding hydrogens is 366 g/mol. The van der Waals surface area contributed by atoms with Crippen LogP contribution in [0.2, 0.25) is 0 Å². The minimum atomic E-state index is -2.90. The number of nitrogens with zero attached hydrogens (tertiary/aromatic N) is 3. The van der Waals surface area contributed by atoms with Crippen LogP contribution in [0.25, 0.3) is 0 Å². The number of para-hydroxylation sites is 1. The van der Waals surface area contributed by atoms with Crippen LogP contribution in [-0.2, 0) is 14.6 Å². The number of hydrogen-bond acceptors (Lipinski definition) is 5. The lowest BCUT2D eigenvalue weighted by atomic mass is 10.1. The Morgan fingerprint density at radius 2 is 1.78 bits per heavy atom. The fourth-order valence-corrected chi connectivity index (χ4v) is 6.08. The molecule has 2 amide bonds.